The number of nitrogens with zero attached hydrogens (tertiary/aromatic N) is 4. The summed E-state index contributed by atoms with van der Waals surface area (Å²) in [4.78, 5) is 10.2. The average molecular weight is 728 g/mol. The second kappa shape index (κ2) is 16.4. The number of rotatable bonds is 13. The Morgan fingerprint density at radius 2 is 1.24 bits per heavy atom. The van der Waals surface area contributed by atoms with Crippen LogP contribution >= 0.6 is 24.4 Å². The highest BCUT2D eigenvalue weighted by atomic mass is 32.1. The third kappa shape index (κ3) is 8.90. The van der Waals surface area contributed by atoms with E-state index in [-0.39, 0.29) is 23.9 Å². The second-order valence-electron chi connectivity index (χ2n) is 15.3. The number of hydrogen-bond acceptors (Lipinski definition) is 6. The Hall–Kier alpha value is -3.60. The first kappa shape index (κ1) is 35.8. The van der Waals surface area contributed by atoms with Gasteiger partial charge in [-0.1, -0.05) is 55.7 Å². The van der Waals surface area contributed by atoms with Gasteiger partial charge in [-0.15, -0.1) is 0 Å². The highest BCUT2D eigenvalue weighted by Crippen LogP contribution is 2.32. The van der Waals surface area contributed by atoms with E-state index in [1.807, 2.05) is 12.1 Å². The van der Waals surface area contributed by atoms with Crippen molar-refractivity contribution >= 4 is 34.7 Å². The Kier molecular flexibility index (Phi) is 11.5. The molecule has 3 aliphatic heterocycles. The van der Waals surface area contributed by atoms with Gasteiger partial charge in [0.05, 0.1) is 12.1 Å². The fraction of sp³-hybridized carbons (Fsp3) is 0.512. The molecule has 4 aliphatic rings. The van der Waals surface area contributed by atoms with Gasteiger partial charge in [0.1, 0.15) is 17.2 Å². The molecule has 0 aromatic heterocycles. The lowest BCUT2D eigenvalue weighted by molar-refractivity contribution is 0.159. The first-order valence-corrected chi connectivity index (χ1v) is 19.8. The Morgan fingerprint density at radius 3 is 1.86 bits per heavy atom. The van der Waals surface area contributed by atoms with E-state index in [2.05, 4.69) is 49.2 Å². The van der Waals surface area contributed by atoms with Crippen LogP contribution in [0.3, 0.4) is 0 Å². The lowest BCUT2D eigenvalue weighted by Crippen LogP contribution is -2.51. The van der Waals surface area contributed by atoms with E-state index in [0.29, 0.717) is 23.5 Å². The first-order chi connectivity index (χ1) is 24.8. The molecule has 3 aromatic carbocycles. The molecule has 4 fully saturated rings. The van der Waals surface area contributed by atoms with Crippen LogP contribution in [0.1, 0.15) is 61.6 Å². The van der Waals surface area contributed by atoms with Gasteiger partial charge in [0.25, 0.3) is 0 Å². The van der Waals surface area contributed by atoms with E-state index in [1.54, 1.807) is 36.4 Å². The van der Waals surface area contributed by atoms with Crippen molar-refractivity contribution in [2.45, 2.75) is 88.4 Å². The summed E-state index contributed by atoms with van der Waals surface area (Å²) >= 11 is 12.3. The van der Waals surface area contributed by atoms with Gasteiger partial charge < -0.3 is 35.3 Å². The summed E-state index contributed by atoms with van der Waals surface area (Å²) in [6.07, 6.45) is 11.4. The lowest BCUT2D eigenvalue weighted by Gasteiger charge is -2.37. The van der Waals surface area contributed by atoms with Crippen LogP contribution in [0.4, 0.5) is 0 Å². The molecule has 0 radical (unpaired) electrons. The summed E-state index contributed by atoms with van der Waals surface area (Å²) in [7, 11) is 0. The smallest absolute Gasteiger partial charge is 0.172 e. The van der Waals surface area contributed by atoms with Crippen molar-refractivity contribution in [2.75, 3.05) is 39.3 Å². The molecule has 10 heteroatoms. The van der Waals surface area contributed by atoms with Crippen LogP contribution in [-0.4, -0.2) is 109 Å². The molecule has 1 aliphatic carbocycles. The molecule has 8 nitrogen and oxygen atoms in total. The Bertz CT molecular complexity index is 1620. The maximum Gasteiger partial charge on any atom is 0.172 e. The molecule has 1 unspecified atom stereocenters. The summed E-state index contributed by atoms with van der Waals surface area (Å²) in [5.41, 5.74) is 3.63. The Morgan fingerprint density at radius 1 is 0.647 bits per heavy atom. The number of aromatic hydroxyl groups is 3. The van der Waals surface area contributed by atoms with Gasteiger partial charge in [-0.05, 0) is 135 Å². The zero-order valence-electron chi connectivity index (χ0n) is 29.6. The normalized spacial score (nSPS) is 23.7. The number of benzene rings is 3. The van der Waals surface area contributed by atoms with E-state index in [4.69, 9.17) is 24.4 Å². The van der Waals surface area contributed by atoms with Crippen molar-refractivity contribution in [3.05, 3.63) is 89.5 Å². The number of phenolic OH excluding ortho intramolecular Hbond substituents is 3. The maximum absolute atomic E-state index is 10.1. The fourth-order valence-electron chi connectivity index (χ4n) is 8.90. The summed E-state index contributed by atoms with van der Waals surface area (Å²) in [6.45, 7) is 5.57. The Labute approximate surface area is 314 Å². The molecular formula is C41H53N5O3S2. The molecule has 4 N–H and O–H groups in total. The molecule has 0 spiro atoms. The van der Waals surface area contributed by atoms with Gasteiger partial charge in [-0.3, -0.25) is 4.90 Å². The predicted molar refractivity (Wildman–Crippen MR) is 211 cm³/mol. The largest absolute Gasteiger partial charge is 0.508 e. The molecule has 272 valence electrons. The molecule has 3 saturated heterocycles. The minimum absolute atomic E-state index is 0.178. The fourth-order valence-corrected chi connectivity index (χ4v) is 9.66. The van der Waals surface area contributed by atoms with Crippen molar-refractivity contribution in [1.82, 2.24) is 24.9 Å². The molecule has 0 bridgehead atoms. The van der Waals surface area contributed by atoms with Crippen molar-refractivity contribution in [1.29, 1.82) is 0 Å². The Balaban J connectivity index is 1.11. The van der Waals surface area contributed by atoms with E-state index in [0.717, 1.165) is 81.6 Å². The van der Waals surface area contributed by atoms with Crippen molar-refractivity contribution in [3.63, 3.8) is 0 Å². The van der Waals surface area contributed by atoms with Gasteiger partial charge in [-0.2, -0.15) is 0 Å². The zero-order chi connectivity index (χ0) is 35.3. The molecule has 7 rings (SSSR count). The molecule has 3 heterocycles. The SMILES string of the molecule is Oc1ccc(C[C@H]2CNC(=S)N2CC2CCCN2C[C@H](Cc2ccc(O)cc2)N2C[C@H](Cc3ccc(O)cc3)N(CC3CCCCC3)C2=S)cc1. The standard InChI is InChI=1S/C41H53N5O3S2/c47-37-14-8-29(9-15-37)21-34-24-42-40(50)44(34)27-33-7-4-20-43(33)26-35(22-30-10-16-38(48)17-11-30)46-28-36(23-31-12-18-39(49)19-13-31)45(41(46)51)25-32-5-2-1-3-6-32/h8-19,32-36,47-49H,1-7,20-28H2,(H,42,50)/t33?,34-,35-,36-/m0/s1. The third-order valence-electron chi connectivity index (χ3n) is 11.7. The van der Waals surface area contributed by atoms with Gasteiger partial charge >= 0.3 is 0 Å². The number of hydrogen-bond donors (Lipinski definition) is 4. The van der Waals surface area contributed by atoms with Gasteiger partial charge in [-0.25, -0.2) is 0 Å². The minimum atomic E-state index is 0.178. The molecule has 0 amide bonds. The van der Waals surface area contributed by atoms with Crippen LogP contribution in [0, 0.1) is 5.92 Å². The van der Waals surface area contributed by atoms with Gasteiger partial charge in [0.15, 0.2) is 10.2 Å². The van der Waals surface area contributed by atoms with Crippen LogP contribution in [0.15, 0.2) is 72.8 Å². The van der Waals surface area contributed by atoms with Crippen LogP contribution in [0.5, 0.6) is 17.2 Å². The highest BCUT2D eigenvalue weighted by molar-refractivity contribution is 7.80. The van der Waals surface area contributed by atoms with Crippen molar-refractivity contribution in [3.8, 4) is 17.2 Å². The maximum atomic E-state index is 10.1. The summed E-state index contributed by atoms with van der Waals surface area (Å²) < 4.78 is 0. The van der Waals surface area contributed by atoms with Crippen LogP contribution in [0.2, 0.25) is 0 Å². The van der Waals surface area contributed by atoms with Crippen molar-refractivity contribution < 1.29 is 15.3 Å². The summed E-state index contributed by atoms with van der Waals surface area (Å²) in [5, 5.41) is 35.1. The summed E-state index contributed by atoms with van der Waals surface area (Å²) in [5.74, 6) is 1.55. The zero-order valence-corrected chi connectivity index (χ0v) is 31.2. The quantitative estimate of drug-likeness (QED) is 0.156. The lowest BCUT2D eigenvalue weighted by atomic mass is 9.88. The third-order valence-corrected chi connectivity index (χ3v) is 12.6. The number of thiocarbonyl (C=S) groups is 2. The van der Waals surface area contributed by atoms with E-state index < -0.39 is 0 Å². The molecular weight excluding hydrogens is 675 g/mol. The summed E-state index contributed by atoms with van der Waals surface area (Å²) in [6, 6.07) is 24.1. The van der Waals surface area contributed by atoms with Gasteiger partial charge in [0.2, 0.25) is 0 Å². The highest BCUT2D eigenvalue weighted by Gasteiger charge is 2.41. The number of phenols is 3. The number of likely N-dealkylation sites (tertiary alicyclic amines) is 1. The predicted octanol–water partition coefficient (Wildman–Crippen LogP) is 6.07. The molecule has 51 heavy (non-hydrogen) atoms. The van der Waals surface area contributed by atoms with Crippen LogP contribution < -0.4 is 5.32 Å². The second-order valence-corrected chi connectivity index (χ2v) is 16.0. The minimum Gasteiger partial charge on any atom is -0.508 e. The van der Waals surface area contributed by atoms with E-state index >= 15 is 0 Å². The molecule has 3 aromatic rings. The van der Waals surface area contributed by atoms with Gasteiger partial charge in [0, 0.05) is 44.8 Å². The topological polar surface area (TPSA) is 85.7 Å². The monoisotopic (exact) mass is 727 g/mol. The van der Waals surface area contributed by atoms with E-state index in [1.165, 1.54) is 48.8 Å². The number of nitrogens with one attached hydrogen (secondary N) is 1. The first-order valence-electron chi connectivity index (χ1n) is 19.0. The molecule has 1 saturated carbocycles. The van der Waals surface area contributed by atoms with Crippen LogP contribution in [0.25, 0.3) is 0 Å². The molecule has 4 atom stereocenters. The average Bonchev–Trinajstić information content (AvgIpc) is 3.81. The van der Waals surface area contributed by atoms with E-state index in [9.17, 15) is 15.3 Å². The van der Waals surface area contributed by atoms with Crippen LogP contribution in [-0.2, 0) is 19.3 Å². The van der Waals surface area contributed by atoms with Crippen molar-refractivity contribution in [2.24, 2.45) is 5.92 Å².